The molecule has 1 heterocycles. The smallest absolute Gasteiger partial charge is 0.186 e. The van der Waals surface area contributed by atoms with Gasteiger partial charge in [0, 0.05) is 4.88 Å². The van der Waals surface area contributed by atoms with Crippen LogP contribution in [0.2, 0.25) is 0 Å². The summed E-state index contributed by atoms with van der Waals surface area (Å²) >= 11 is 1.59. The molecule has 0 bridgehead atoms. The lowest BCUT2D eigenvalue weighted by Gasteiger charge is -2.17. The van der Waals surface area contributed by atoms with E-state index in [9.17, 15) is 4.79 Å². The normalized spacial score (nSPS) is 10.9. The maximum Gasteiger partial charge on any atom is 0.186 e. The van der Waals surface area contributed by atoms with Crippen LogP contribution in [0, 0.1) is 6.92 Å². The molecule has 0 atom stereocenters. The molecule has 0 radical (unpaired) electrons. The SMILES string of the molecule is CCCN(CC)CC(=O)c1ccc(C)s1. The maximum atomic E-state index is 11.9. The number of hydrogen-bond donors (Lipinski definition) is 0. The summed E-state index contributed by atoms with van der Waals surface area (Å²) in [6.45, 7) is 8.79. The number of thiophene rings is 1. The summed E-state index contributed by atoms with van der Waals surface area (Å²) in [5.41, 5.74) is 0. The molecule has 0 unspecified atom stereocenters. The molecule has 0 aromatic carbocycles. The van der Waals surface area contributed by atoms with Crippen LogP contribution in [0.1, 0.15) is 34.8 Å². The van der Waals surface area contributed by atoms with Gasteiger partial charge in [-0.25, -0.2) is 0 Å². The van der Waals surface area contributed by atoms with Crippen LogP contribution in [-0.4, -0.2) is 30.3 Å². The molecule has 1 aromatic heterocycles. The van der Waals surface area contributed by atoms with Crippen molar-refractivity contribution in [1.82, 2.24) is 4.90 Å². The summed E-state index contributed by atoms with van der Waals surface area (Å²) in [6, 6.07) is 3.94. The van der Waals surface area contributed by atoms with E-state index in [2.05, 4.69) is 18.7 Å². The Bertz CT molecular complexity index is 319. The summed E-state index contributed by atoms with van der Waals surface area (Å²) in [7, 11) is 0. The first-order chi connectivity index (χ1) is 7.17. The van der Waals surface area contributed by atoms with Crippen molar-refractivity contribution in [1.29, 1.82) is 0 Å². The standard InChI is InChI=1S/C12H19NOS/c1-4-8-13(5-2)9-11(14)12-7-6-10(3)15-12/h6-7H,4-5,8-9H2,1-3H3. The summed E-state index contributed by atoms with van der Waals surface area (Å²) in [5.74, 6) is 0.253. The quantitative estimate of drug-likeness (QED) is 0.694. The van der Waals surface area contributed by atoms with Gasteiger partial charge in [-0.3, -0.25) is 9.69 Å². The van der Waals surface area contributed by atoms with Crippen molar-refractivity contribution >= 4 is 17.1 Å². The fourth-order valence-electron chi connectivity index (χ4n) is 1.53. The Morgan fingerprint density at radius 3 is 2.60 bits per heavy atom. The number of nitrogens with zero attached hydrogens (tertiary/aromatic N) is 1. The van der Waals surface area contributed by atoms with Crippen LogP contribution in [0.5, 0.6) is 0 Å². The topological polar surface area (TPSA) is 20.3 Å². The highest BCUT2D eigenvalue weighted by Gasteiger charge is 2.11. The Hall–Kier alpha value is -0.670. The van der Waals surface area contributed by atoms with E-state index in [0.717, 1.165) is 24.4 Å². The van der Waals surface area contributed by atoms with Gasteiger partial charge in [0.1, 0.15) is 0 Å². The Labute approximate surface area is 95.9 Å². The van der Waals surface area contributed by atoms with Gasteiger partial charge in [-0.2, -0.15) is 0 Å². The largest absolute Gasteiger partial charge is 0.296 e. The minimum atomic E-state index is 0.253. The molecule has 0 aliphatic heterocycles. The summed E-state index contributed by atoms with van der Waals surface area (Å²) in [6.07, 6.45) is 1.10. The lowest BCUT2D eigenvalue weighted by atomic mass is 10.3. The third-order valence-electron chi connectivity index (χ3n) is 2.37. The molecule has 1 rings (SSSR count). The highest BCUT2D eigenvalue weighted by Crippen LogP contribution is 2.15. The van der Waals surface area contributed by atoms with E-state index in [0.29, 0.717) is 6.54 Å². The first-order valence-electron chi connectivity index (χ1n) is 5.49. The van der Waals surface area contributed by atoms with Crippen LogP contribution >= 0.6 is 11.3 Å². The second-order valence-corrected chi connectivity index (χ2v) is 4.99. The molecule has 0 saturated carbocycles. The third kappa shape index (κ3) is 3.76. The molecule has 0 aliphatic rings. The second-order valence-electron chi connectivity index (χ2n) is 3.70. The highest BCUT2D eigenvalue weighted by molar-refractivity contribution is 7.14. The highest BCUT2D eigenvalue weighted by atomic mass is 32.1. The van der Waals surface area contributed by atoms with Gasteiger partial charge < -0.3 is 0 Å². The maximum absolute atomic E-state index is 11.9. The van der Waals surface area contributed by atoms with Gasteiger partial charge in [0.2, 0.25) is 0 Å². The van der Waals surface area contributed by atoms with Crippen molar-refractivity contribution in [3.05, 3.63) is 21.9 Å². The molecule has 0 N–H and O–H groups in total. The van der Waals surface area contributed by atoms with Crippen molar-refractivity contribution in [3.8, 4) is 0 Å². The monoisotopic (exact) mass is 225 g/mol. The van der Waals surface area contributed by atoms with Gasteiger partial charge >= 0.3 is 0 Å². The number of ketones is 1. The average molecular weight is 225 g/mol. The number of carbonyl (C=O) groups is 1. The first-order valence-corrected chi connectivity index (χ1v) is 6.31. The molecule has 15 heavy (non-hydrogen) atoms. The predicted molar refractivity (Wildman–Crippen MR) is 65.8 cm³/mol. The van der Waals surface area contributed by atoms with Crippen molar-refractivity contribution in [2.75, 3.05) is 19.6 Å². The predicted octanol–water partition coefficient (Wildman–Crippen LogP) is 2.97. The fraction of sp³-hybridized carbons (Fsp3) is 0.583. The minimum absolute atomic E-state index is 0.253. The Morgan fingerprint density at radius 2 is 2.13 bits per heavy atom. The summed E-state index contributed by atoms with van der Waals surface area (Å²) < 4.78 is 0. The third-order valence-corrected chi connectivity index (χ3v) is 3.41. The minimum Gasteiger partial charge on any atom is -0.296 e. The molecule has 0 aliphatic carbocycles. The molecule has 0 saturated heterocycles. The Balaban J connectivity index is 2.54. The molecule has 1 aromatic rings. The van der Waals surface area contributed by atoms with E-state index in [-0.39, 0.29) is 5.78 Å². The lowest BCUT2D eigenvalue weighted by molar-refractivity contribution is 0.0938. The van der Waals surface area contributed by atoms with Crippen molar-refractivity contribution in [3.63, 3.8) is 0 Å². The van der Waals surface area contributed by atoms with Crippen molar-refractivity contribution in [2.24, 2.45) is 0 Å². The molecule has 0 spiro atoms. The van der Waals surface area contributed by atoms with E-state index >= 15 is 0 Å². The van der Waals surface area contributed by atoms with E-state index in [4.69, 9.17) is 0 Å². The summed E-state index contributed by atoms with van der Waals surface area (Å²) in [4.78, 5) is 16.2. The molecular weight excluding hydrogens is 206 g/mol. The number of aryl methyl sites for hydroxylation is 1. The molecule has 0 fully saturated rings. The summed E-state index contributed by atoms with van der Waals surface area (Å²) in [5, 5.41) is 0. The van der Waals surface area contributed by atoms with Crippen molar-refractivity contribution in [2.45, 2.75) is 27.2 Å². The van der Waals surface area contributed by atoms with Crippen LogP contribution in [0.3, 0.4) is 0 Å². The van der Waals surface area contributed by atoms with Gasteiger partial charge in [0.05, 0.1) is 11.4 Å². The first kappa shape index (κ1) is 12.4. The average Bonchev–Trinajstić information content (AvgIpc) is 2.64. The molecule has 3 heteroatoms. The van der Waals surface area contributed by atoms with Gasteiger partial charge in [0.25, 0.3) is 0 Å². The van der Waals surface area contributed by atoms with Gasteiger partial charge in [-0.15, -0.1) is 11.3 Å². The van der Waals surface area contributed by atoms with Gasteiger partial charge in [-0.05, 0) is 38.6 Å². The van der Waals surface area contributed by atoms with E-state index in [1.165, 1.54) is 4.88 Å². The van der Waals surface area contributed by atoms with Crippen LogP contribution in [0.15, 0.2) is 12.1 Å². The number of Topliss-reactive ketones (excluding diaryl/α,β-unsaturated/α-hetero) is 1. The zero-order valence-electron chi connectivity index (χ0n) is 9.75. The van der Waals surface area contributed by atoms with Gasteiger partial charge in [-0.1, -0.05) is 13.8 Å². The molecule has 0 amide bonds. The van der Waals surface area contributed by atoms with Crippen LogP contribution in [-0.2, 0) is 0 Å². The Kier molecular flexibility index (Phi) is 4.99. The number of carbonyl (C=O) groups excluding carboxylic acids is 1. The van der Waals surface area contributed by atoms with Crippen molar-refractivity contribution < 1.29 is 4.79 Å². The zero-order chi connectivity index (χ0) is 11.3. The number of likely N-dealkylation sites (N-methyl/N-ethyl adjacent to an activating group) is 1. The molecule has 84 valence electrons. The number of rotatable bonds is 6. The number of hydrogen-bond acceptors (Lipinski definition) is 3. The van der Waals surface area contributed by atoms with Crippen LogP contribution in [0.25, 0.3) is 0 Å². The molecule has 2 nitrogen and oxygen atoms in total. The fourth-order valence-corrected chi connectivity index (χ4v) is 2.33. The van der Waals surface area contributed by atoms with Crippen LogP contribution in [0.4, 0.5) is 0 Å². The Morgan fingerprint density at radius 1 is 1.40 bits per heavy atom. The van der Waals surface area contributed by atoms with E-state index in [1.54, 1.807) is 11.3 Å². The van der Waals surface area contributed by atoms with Gasteiger partial charge in [0.15, 0.2) is 5.78 Å². The zero-order valence-corrected chi connectivity index (χ0v) is 10.6. The van der Waals surface area contributed by atoms with Crippen LogP contribution < -0.4 is 0 Å². The lowest BCUT2D eigenvalue weighted by Crippen LogP contribution is -2.30. The molecular formula is C12H19NOS. The van der Waals surface area contributed by atoms with E-state index in [1.807, 2.05) is 19.1 Å². The van der Waals surface area contributed by atoms with E-state index < -0.39 is 0 Å². The second kappa shape index (κ2) is 6.03.